The number of hydrogen-bond acceptors (Lipinski definition) is 4. The first kappa shape index (κ1) is 18.7. The fraction of sp³-hybridized carbons (Fsp3) is 0.111. The zero-order valence-electron chi connectivity index (χ0n) is 13.0. The van der Waals surface area contributed by atoms with Gasteiger partial charge in [-0.2, -0.15) is 8.78 Å². The van der Waals surface area contributed by atoms with Gasteiger partial charge >= 0.3 is 5.97 Å². The molecular formula is C18H15F2NO3S. The van der Waals surface area contributed by atoms with Gasteiger partial charge in [0, 0.05) is 16.7 Å². The molecule has 0 heterocycles. The first-order valence-electron chi connectivity index (χ1n) is 7.27. The van der Waals surface area contributed by atoms with Gasteiger partial charge < -0.3 is 10.1 Å². The Balaban J connectivity index is 1.76. The number of thioether (sulfide) groups is 1. The minimum Gasteiger partial charge on any atom is -0.452 e. The summed E-state index contributed by atoms with van der Waals surface area (Å²) in [5.41, 5.74) is 1.27. The highest BCUT2D eigenvalue weighted by atomic mass is 32.2. The lowest BCUT2D eigenvalue weighted by Gasteiger charge is -2.06. The molecule has 0 saturated heterocycles. The number of alkyl halides is 2. The zero-order valence-corrected chi connectivity index (χ0v) is 13.8. The van der Waals surface area contributed by atoms with E-state index in [-0.39, 0.29) is 0 Å². The highest BCUT2D eigenvalue weighted by Gasteiger charge is 2.07. The summed E-state index contributed by atoms with van der Waals surface area (Å²) in [6, 6.07) is 15.1. The lowest BCUT2D eigenvalue weighted by molar-refractivity contribution is -0.142. The van der Waals surface area contributed by atoms with Gasteiger partial charge in [-0.25, -0.2) is 4.79 Å². The van der Waals surface area contributed by atoms with Crippen LogP contribution >= 0.6 is 11.8 Å². The molecule has 0 bridgehead atoms. The summed E-state index contributed by atoms with van der Waals surface area (Å²) in [6.07, 6.45) is 2.82. The molecule has 0 atom stereocenters. The molecule has 2 aromatic carbocycles. The van der Waals surface area contributed by atoms with Crippen molar-refractivity contribution in [2.75, 3.05) is 11.9 Å². The van der Waals surface area contributed by atoms with Gasteiger partial charge in [0.25, 0.3) is 11.7 Å². The number of carbonyl (C=O) groups excluding carboxylic acids is 2. The van der Waals surface area contributed by atoms with Gasteiger partial charge in [-0.05, 0) is 35.9 Å². The van der Waals surface area contributed by atoms with Crippen molar-refractivity contribution in [1.82, 2.24) is 0 Å². The van der Waals surface area contributed by atoms with E-state index in [9.17, 15) is 18.4 Å². The fourth-order valence-corrected chi connectivity index (χ4v) is 2.33. The molecule has 7 heteroatoms. The van der Waals surface area contributed by atoms with Crippen LogP contribution in [0.15, 0.2) is 65.6 Å². The van der Waals surface area contributed by atoms with Gasteiger partial charge in [0.2, 0.25) is 0 Å². The number of ether oxygens (including phenoxy) is 1. The Hall–Kier alpha value is -2.67. The van der Waals surface area contributed by atoms with Crippen LogP contribution in [0.2, 0.25) is 0 Å². The van der Waals surface area contributed by atoms with Crippen molar-refractivity contribution in [1.29, 1.82) is 0 Å². The molecule has 0 radical (unpaired) electrons. The van der Waals surface area contributed by atoms with Crippen LogP contribution in [0.4, 0.5) is 14.5 Å². The summed E-state index contributed by atoms with van der Waals surface area (Å²) >= 11 is 0.421. The van der Waals surface area contributed by atoms with Crippen LogP contribution in [-0.2, 0) is 14.3 Å². The normalized spacial score (nSPS) is 10.8. The molecule has 0 aliphatic rings. The third kappa shape index (κ3) is 7.17. The third-order valence-corrected chi connectivity index (χ3v) is 3.64. The fourth-order valence-electron chi connectivity index (χ4n) is 1.83. The van der Waals surface area contributed by atoms with Crippen molar-refractivity contribution in [2.24, 2.45) is 0 Å². The number of amides is 1. The average Bonchev–Trinajstić information content (AvgIpc) is 2.60. The molecule has 0 aliphatic carbocycles. The predicted molar refractivity (Wildman–Crippen MR) is 93.4 cm³/mol. The Labute approximate surface area is 147 Å². The van der Waals surface area contributed by atoms with Crippen molar-refractivity contribution in [3.63, 3.8) is 0 Å². The Bertz CT molecular complexity index is 734. The highest BCUT2D eigenvalue weighted by molar-refractivity contribution is 7.99. The second-order valence-corrected chi connectivity index (χ2v) is 5.87. The number of hydrogen-bond donors (Lipinski definition) is 1. The first-order chi connectivity index (χ1) is 12.0. The molecule has 0 aliphatic heterocycles. The summed E-state index contributed by atoms with van der Waals surface area (Å²) in [7, 11) is 0. The summed E-state index contributed by atoms with van der Waals surface area (Å²) in [5.74, 6) is -3.65. The lowest BCUT2D eigenvalue weighted by Crippen LogP contribution is -2.20. The van der Waals surface area contributed by atoms with Gasteiger partial charge in [0.15, 0.2) is 6.61 Å². The number of esters is 1. The number of nitrogens with one attached hydrogen (secondary N) is 1. The number of carbonyl (C=O) groups is 2. The van der Waals surface area contributed by atoms with E-state index < -0.39 is 24.2 Å². The predicted octanol–water partition coefficient (Wildman–Crippen LogP) is 4.20. The quantitative estimate of drug-likeness (QED) is 0.455. The maximum atomic E-state index is 12.2. The molecule has 0 fully saturated rings. The maximum Gasteiger partial charge on any atom is 0.331 e. The molecule has 4 nitrogen and oxygen atoms in total. The minimum absolute atomic E-state index is 0.394. The number of anilines is 1. The molecule has 25 heavy (non-hydrogen) atoms. The lowest BCUT2D eigenvalue weighted by atomic mass is 10.2. The Morgan fingerprint density at radius 2 is 1.76 bits per heavy atom. The van der Waals surface area contributed by atoms with Crippen LogP contribution in [0.1, 0.15) is 5.56 Å². The van der Waals surface area contributed by atoms with Crippen molar-refractivity contribution in [3.05, 3.63) is 66.2 Å². The van der Waals surface area contributed by atoms with Crippen molar-refractivity contribution in [3.8, 4) is 0 Å². The topological polar surface area (TPSA) is 55.4 Å². The second-order valence-electron chi connectivity index (χ2n) is 4.80. The monoisotopic (exact) mass is 363 g/mol. The van der Waals surface area contributed by atoms with Gasteiger partial charge in [-0.1, -0.05) is 42.1 Å². The van der Waals surface area contributed by atoms with Crippen molar-refractivity contribution >= 4 is 35.4 Å². The van der Waals surface area contributed by atoms with Crippen LogP contribution in [-0.4, -0.2) is 24.2 Å². The van der Waals surface area contributed by atoms with E-state index in [0.29, 0.717) is 22.3 Å². The minimum atomic E-state index is -2.50. The first-order valence-corrected chi connectivity index (χ1v) is 8.15. The molecule has 1 N–H and O–H groups in total. The molecule has 2 rings (SSSR count). The smallest absolute Gasteiger partial charge is 0.331 e. The molecule has 1 amide bonds. The number of rotatable bonds is 7. The molecule has 0 unspecified atom stereocenters. The van der Waals surface area contributed by atoms with E-state index >= 15 is 0 Å². The number of benzene rings is 2. The highest BCUT2D eigenvalue weighted by Crippen LogP contribution is 2.26. The standard InChI is InChI=1S/C18H15F2NO3S/c19-18(20)25-15-9-7-14(8-10-15)21-16(22)12-24-17(23)11-6-13-4-2-1-3-5-13/h1-11,18H,12H2,(H,21,22)/b11-6+. The molecule has 0 aromatic heterocycles. The van der Waals surface area contributed by atoms with Crippen LogP contribution in [0.3, 0.4) is 0 Å². The molecule has 130 valence electrons. The van der Waals surface area contributed by atoms with E-state index in [4.69, 9.17) is 4.74 Å². The largest absolute Gasteiger partial charge is 0.452 e. The number of halogens is 2. The van der Waals surface area contributed by atoms with E-state index in [1.807, 2.05) is 30.3 Å². The van der Waals surface area contributed by atoms with Gasteiger partial charge in [-0.3, -0.25) is 4.79 Å². The third-order valence-electron chi connectivity index (χ3n) is 2.92. The van der Waals surface area contributed by atoms with E-state index in [2.05, 4.69) is 5.32 Å². The molecule has 2 aromatic rings. The van der Waals surface area contributed by atoms with Crippen molar-refractivity contribution in [2.45, 2.75) is 10.7 Å². The van der Waals surface area contributed by atoms with Crippen LogP contribution in [0, 0.1) is 0 Å². The Morgan fingerprint density at radius 1 is 1.08 bits per heavy atom. The van der Waals surface area contributed by atoms with Gasteiger partial charge in [0.1, 0.15) is 0 Å². The van der Waals surface area contributed by atoms with Gasteiger partial charge in [0.05, 0.1) is 0 Å². The van der Waals surface area contributed by atoms with Crippen molar-refractivity contribution < 1.29 is 23.1 Å². The maximum absolute atomic E-state index is 12.2. The molecule has 0 saturated carbocycles. The second kappa shape index (κ2) is 9.58. The van der Waals surface area contributed by atoms with Gasteiger partial charge in [-0.15, -0.1) is 0 Å². The average molecular weight is 363 g/mol. The van der Waals surface area contributed by atoms with E-state index in [1.54, 1.807) is 6.08 Å². The summed E-state index contributed by atoms with van der Waals surface area (Å²) < 4.78 is 29.3. The SMILES string of the molecule is O=C(COC(=O)/C=C/c1ccccc1)Nc1ccc(SC(F)F)cc1. The van der Waals surface area contributed by atoms with Crippen LogP contribution < -0.4 is 5.32 Å². The Morgan fingerprint density at radius 3 is 2.40 bits per heavy atom. The zero-order chi connectivity index (χ0) is 18.1. The van der Waals surface area contributed by atoms with E-state index in [1.165, 1.54) is 30.3 Å². The summed E-state index contributed by atoms with van der Waals surface area (Å²) in [6.45, 7) is -0.439. The van der Waals surface area contributed by atoms with Crippen LogP contribution in [0.5, 0.6) is 0 Å². The molecule has 0 spiro atoms. The van der Waals surface area contributed by atoms with Crippen LogP contribution in [0.25, 0.3) is 6.08 Å². The summed E-state index contributed by atoms with van der Waals surface area (Å²) in [5, 5.41) is 2.51. The van der Waals surface area contributed by atoms with E-state index in [0.717, 1.165) is 5.56 Å². The Kier molecular flexibility index (Phi) is 7.16. The molecular weight excluding hydrogens is 348 g/mol. The summed E-state index contributed by atoms with van der Waals surface area (Å²) in [4.78, 5) is 23.7.